The van der Waals surface area contributed by atoms with E-state index in [1.807, 2.05) is 24.3 Å². The molecule has 0 saturated heterocycles. The minimum absolute atomic E-state index is 0.591. The molecule has 0 bridgehead atoms. The number of aromatic nitrogens is 1. The van der Waals surface area contributed by atoms with Crippen molar-refractivity contribution in [3.05, 3.63) is 65.5 Å². The van der Waals surface area contributed by atoms with Crippen LogP contribution in [0.15, 0.2) is 48.8 Å². The van der Waals surface area contributed by atoms with Gasteiger partial charge in [-0.05, 0) is 29.5 Å². The molecule has 1 unspecified atom stereocenters. The number of nitrogens with zero attached hydrogens (tertiary/aromatic N) is 1. The lowest BCUT2D eigenvalue weighted by atomic mass is 9.98. The van der Waals surface area contributed by atoms with Crippen molar-refractivity contribution < 1.29 is 5.11 Å². The minimum Gasteiger partial charge on any atom is -0.384 e. The van der Waals surface area contributed by atoms with Crippen molar-refractivity contribution in [3.63, 3.8) is 0 Å². The minimum atomic E-state index is -0.591. The van der Waals surface area contributed by atoms with Gasteiger partial charge in [-0.25, -0.2) is 0 Å². The number of benzene rings is 1. The summed E-state index contributed by atoms with van der Waals surface area (Å²) in [5, 5.41) is 10.2. The second kappa shape index (κ2) is 5.78. The first-order valence-electron chi connectivity index (χ1n) is 6.33. The van der Waals surface area contributed by atoms with Gasteiger partial charge in [-0.1, -0.05) is 44.2 Å². The lowest BCUT2D eigenvalue weighted by molar-refractivity contribution is 0.220. The molecule has 0 saturated carbocycles. The average Bonchev–Trinajstić information content (AvgIpc) is 2.39. The molecule has 0 aliphatic carbocycles. The predicted molar refractivity (Wildman–Crippen MR) is 73.3 cm³/mol. The summed E-state index contributed by atoms with van der Waals surface area (Å²) < 4.78 is 0. The SMILES string of the molecule is CC(C)Cc1ccc(C(O)c2cccnc2)cc1. The number of pyridine rings is 1. The molecule has 1 N–H and O–H groups in total. The van der Waals surface area contributed by atoms with E-state index >= 15 is 0 Å². The zero-order valence-corrected chi connectivity index (χ0v) is 10.9. The Morgan fingerprint density at radius 2 is 1.78 bits per heavy atom. The maximum atomic E-state index is 10.2. The summed E-state index contributed by atoms with van der Waals surface area (Å²) >= 11 is 0. The van der Waals surface area contributed by atoms with Crippen LogP contribution in [0.4, 0.5) is 0 Å². The van der Waals surface area contributed by atoms with Crippen LogP contribution in [0, 0.1) is 5.92 Å². The second-order valence-electron chi connectivity index (χ2n) is 5.03. The first-order valence-corrected chi connectivity index (χ1v) is 6.33. The lowest BCUT2D eigenvalue weighted by Gasteiger charge is -2.12. The monoisotopic (exact) mass is 241 g/mol. The van der Waals surface area contributed by atoms with Crippen LogP contribution >= 0.6 is 0 Å². The predicted octanol–water partition coefficient (Wildman–Crippen LogP) is 3.36. The smallest absolute Gasteiger partial charge is 0.106 e. The van der Waals surface area contributed by atoms with Crippen LogP contribution < -0.4 is 0 Å². The van der Waals surface area contributed by atoms with Gasteiger partial charge in [-0.15, -0.1) is 0 Å². The summed E-state index contributed by atoms with van der Waals surface area (Å²) in [7, 11) is 0. The summed E-state index contributed by atoms with van der Waals surface area (Å²) in [5.41, 5.74) is 3.05. The van der Waals surface area contributed by atoms with E-state index in [9.17, 15) is 5.11 Å². The summed E-state index contributed by atoms with van der Waals surface area (Å²) in [5.74, 6) is 0.652. The third-order valence-corrected chi connectivity index (χ3v) is 2.94. The van der Waals surface area contributed by atoms with Gasteiger partial charge in [0.25, 0.3) is 0 Å². The average molecular weight is 241 g/mol. The van der Waals surface area contributed by atoms with E-state index < -0.39 is 6.10 Å². The van der Waals surface area contributed by atoms with E-state index in [1.165, 1.54) is 5.56 Å². The summed E-state index contributed by atoms with van der Waals surface area (Å²) in [6, 6.07) is 11.9. The van der Waals surface area contributed by atoms with Gasteiger partial charge in [-0.3, -0.25) is 4.98 Å². The molecular weight excluding hydrogens is 222 g/mol. The molecule has 0 amide bonds. The van der Waals surface area contributed by atoms with Gasteiger partial charge >= 0.3 is 0 Å². The van der Waals surface area contributed by atoms with Crippen LogP contribution in [0.25, 0.3) is 0 Å². The molecule has 2 aromatic rings. The first-order chi connectivity index (χ1) is 8.66. The Kier molecular flexibility index (Phi) is 4.11. The van der Waals surface area contributed by atoms with Crippen LogP contribution in [0.1, 0.15) is 36.6 Å². The van der Waals surface area contributed by atoms with Crippen molar-refractivity contribution in [1.82, 2.24) is 4.98 Å². The number of aliphatic hydroxyl groups is 1. The zero-order valence-electron chi connectivity index (χ0n) is 10.9. The van der Waals surface area contributed by atoms with Gasteiger partial charge in [0.1, 0.15) is 6.10 Å². The van der Waals surface area contributed by atoms with E-state index in [0.717, 1.165) is 17.5 Å². The molecule has 18 heavy (non-hydrogen) atoms. The third kappa shape index (κ3) is 3.17. The highest BCUT2D eigenvalue weighted by Gasteiger charge is 2.10. The molecule has 2 nitrogen and oxygen atoms in total. The first kappa shape index (κ1) is 12.8. The Bertz CT molecular complexity index is 476. The highest BCUT2D eigenvalue weighted by atomic mass is 16.3. The Hall–Kier alpha value is -1.67. The van der Waals surface area contributed by atoms with Crippen LogP contribution in [-0.2, 0) is 6.42 Å². The highest BCUT2D eigenvalue weighted by Crippen LogP contribution is 2.21. The van der Waals surface area contributed by atoms with E-state index in [1.54, 1.807) is 12.4 Å². The van der Waals surface area contributed by atoms with Crippen molar-refractivity contribution in [3.8, 4) is 0 Å². The fraction of sp³-hybridized carbons (Fsp3) is 0.312. The Morgan fingerprint density at radius 1 is 1.06 bits per heavy atom. The van der Waals surface area contributed by atoms with E-state index in [-0.39, 0.29) is 0 Å². The molecule has 1 heterocycles. The molecule has 1 atom stereocenters. The normalized spacial score (nSPS) is 12.7. The summed E-state index contributed by atoms with van der Waals surface area (Å²) in [4.78, 5) is 4.03. The molecule has 0 aliphatic rings. The fourth-order valence-corrected chi connectivity index (χ4v) is 2.04. The quantitative estimate of drug-likeness (QED) is 0.890. The number of hydrogen-bond acceptors (Lipinski definition) is 2. The van der Waals surface area contributed by atoms with Crippen molar-refractivity contribution in [2.75, 3.05) is 0 Å². The van der Waals surface area contributed by atoms with Crippen molar-refractivity contribution in [2.24, 2.45) is 5.92 Å². The van der Waals surface area contributed by atoms with Crippen LogP contribution in [0.5, 0.6) is 0 Å². The third-order valence-electron chi connectivity index (χ3n) is 2.94. The maximum absolute atomic E-state index is 10.2. The molecule has 0 spiro atoms. The Balaban J connectivity index is 2.14. The molecule has 94 valence electrons. The number of rotatable bonds is 4. The van der Waals surface area contributed by atoms with Crippen LogP contribution in [-0.4, -0.2) is 10.1 Å². The summed E-state index contributed by atoms with van der Waals surface area (Å²) in [6.07, 6.45) is 3.89. The number of aliphatic hydroxyl groups excluding tert-OH is 1. The van der Waals surface area contributed by atoms with E-state index in [0.29, 0.717) is 5.92 Å². The standard InChI is InChI=1S/C16H19NO/c1-12(2)10-13-5-7-14(8-6-13)16(18)15-4-3-9-17-11-15/h3-9,11-12,16,18H,10H2,1-2H3. The molecule has 2 heteroatoms. The van der Waals surface area contributed by atoms with Gasteiger partial charge in [0.05, 0.1) is 0 Å². The van der Waals surface area contributed by atoms with Gasteiger partial charge in [0.15, 0.2) is 0 Å². The van der Waals surface area contributed by atoms with Gasteiger partial charge in [-0.2, -0.15) is 0 Å². The number of hydrogen-bond donors (Lipinski definition) is 1. The molecule has 0 radical (unpaired) electrons. The van der Waals surface area contributed by atoms with E-state index in [4.69, 9.17) is 0 Å². The lowest BCUT2D eigenvalue weighted by Crippen LogP contribution is -2.01. The highest BCUT2D eigenvalue weighted by molar-refractivity contribution is 5.30. The van der Waals surface area contributed by atoms with Gasteiger partial charge < -0.3 is 5.11 Å². The second-order valence-corrected chi connectivity index (χ2v) is 5.03. The van der Waals surface area contributed by atoms with E-state index in [2.05, 4.69) is 31.0 Å². The van der Waals surface area contributed by atoms with Crippen molar-refractivity contribution >= 4 is 0 Å². The molecule has 0 fully saturated rings. The molecular formula is C16H19NO. The van der Waals surface area contributed by atoms with Gasteiger partial charge in [0, 0.05) is 18.0 Å². The molecule has 1 aromatic carbocycles. The molecule has 0 aliphatic heterocycles. The topological polar surface area (TPSA) is 33.1 Å². The maximum Gasteiger partial charge on any atom is 0.106 e. The van der Waals surface area contributed by atoms with Gasteiger partial charge in [0.2, 0.25) is 0 Å². The molecule has 2 rings (SSSR count). The van der Waals surface area contributed by atoms with Crippen LogP contribution in [0.3, 0.4) is 0 Å². The van der Waals surface area contributed by atoms with Crippen molar-refractivity contribution in [2.45, 2.75) is 26.4 Å². The van der Waals surface area contributed by atoms with Crippen molar-refractivity contribution in [1.29, 1.82) is 0 Å². The largest absolute Gasteiger partial charge is 0.384 e. The molecule has 1 aromatic heterocycles. The fourth-order valence-electron chi connectivity index (χ4n) is 2.04. The summed E-state index contributed by atoms with van der Waals surface area (Å²) in [6.45, 7) is 4.41. The zero-order chi connectivity index (χ0) is 13.0. The Morgan fingerprint density at radius 3 is 2.33 bits per heavy atom. The van der Waals surface area contributed by atoms with Crippen LogP contribution in [0.2, 0.25) is 0 Å². The Labute approximate surface area is 108 Å².